The van der Waals surface area contributed by atoms with Crippen molar-refractivity contribution in [3.05, 3.63) is 23.8 Å². The quantitative estimate of drug-likeness (QED) is 0.641. The number of rotatable bonds is 7. The van der Waals surface area contributed by atoms with E-state index in [0.29, 0.717) is 13.0 Å². The number of nitrogens with zero attached hydrogens (tertiary/aromatic N) is 1. The summed E-state index contributed by atoms with van der Waals surface area (Å²) in [6.07, 6.45) is 2.66. The summed E-state index contributed by atoms with van der Waals surface area (Å²) in [5.74, 6) is 1.51. The van der Waals surface area contributed by atoms with Gasteiger partial charge >= 0.3 is 6.09 Å². The Hall–Kier alpha value is -1.99. The average Bonchev–Trinajstić information content (AvgIpc) is 3.02. The van der Waals surface area contributed by atoms with Crippen LogP contribution in [-0.4, -0.2) is 67.2 Å². The minimum absolute atomic E-state index is 0.0723. The first-order chi connectivity index (χ1) is 15.4. The van der Waals surface area contributed by atoms with Crippen LogP contribution in [0.25, 0.3) is 0 Å². The molecule has 0 spiro atoms. The van der Waals surface area contributed by atoms with Crippen LogP contribution in [0.3, 0.4) is 0 Å². The zero-order valence-electron chi connectivity index (χ0n) is 21.6. The summed E-state index contributed by atoms with van der Waals surface area (Å²) in [7, 11) is 3.30. The van der Waals surface area contributed by atoms with E-state index in [2.05, 4.69) is 33.0 Å². The molecule has 1 aromatic carbocycles. The van der Waals surface area contributed by atoms with E-state index in [-0.39, 0.29) is 41.5 Å². The molecule has 1 amide bonds. The van der Waals surface area contributed by atoms with Gasteiger partial charge in [0, 0.05) is 36.2 Å². The van der Waals surface area contributed by atoms with Crippen molar-refractivity contribution >= 4 is 6.09 Å². The van der Waals surface area contributed by atoms with Gasteiger partial charge in [-0.3, -0.25) is 0 Å². The Balaban J connectivity index is 1.81. The predicted octanol–water partition coefficient (Wildman–Crippen LogP) is 4.56. The van der Waals surface area contributed by atoms with Gasteiger partial charge in [0.15, 0.2) is 0 Å². The van der Waals surface area contributed by atoms with E-state index >= 15 is 0 Å². The third-order valence-corrected chi connectivity index (χ3v) is 6.75. The summed E-state index contributed by atoms with van der Waals surface area (Å²) in [5.41, 5.74) is 0.872. The second kappa shape index (κ2) is 10.1. The Kier molecular flexibility index (Phi) is 7.84. The number of piperidine rings is 1. The van der Waals surface area contributed by atoms with Crippen molar-refractivity contribution in [1.82, 2.24) is 10.2 Å². The van der Waals surface area contributed by atoms with E-state index in [1.54, 1.807) is 14.2 Å². The Morgan fingerprint density at radius 2 is 1.79 bits per heavy atom. The molecule has 2 saturated heterocycles. The first-order valence-corrected chi connectivity index (χ1v) is 12.1. The smallest absolute Gasteiger partial charge is 0.410 e. The number of carbonyl (C=O) groups excluding carboxylic acids is 1. The summed E-state index contributed by atoms with van der Waals surface area (Å²) in [4.78, 5) is 15.5. The third-order valence-electron chi connectivity index (χ3n) is 6.75. The van der Waals surface area contributed by atoms with Crippen LogP contribution in [0.4, 0.5) is 4.79 Å². The van der Waals surface area contributed by atoms with Gasteiger partial charge in [-0.15, -0.1) is 0 Å². The molecule has 0 bridgehead atoms. The highest BCUT2D eigenvalue weighted by molar-refractivity contribution is 5.68. The van der Waals surface area contributed by atoms with Gasteiger partial charge in [0.2, 0.25) is 0 Å². The van der Waals surface area contributed by atoms with Gasteiger partial charge in [-0.2, -0.15) is 0 Å². The molecular formula is C26H42N2O5. The van der Waals surface area contributed by atoms with E-state index in [4.69, 9.17) is 18.9 Å². The summed E-state index contributed by atoms with van der Waals surface area (Å²) < 4.78 is 22.7. The van der Waals surface area contributed by atoms with Gasteiger partial charge in [-0.1, -0.05) is 6.07 Å². The first kappa shape index (κ1) is 25.6. The summed E-state index contributed by atoms with van der Waals surface area (Å²) in [6, 6.07) is 5.89. The molecule has 2 aliphatic rings. The molecule has 3 unspecified atom stereocenters. The van der Waals surface area contributed by atoms with Crippen LogP contribution in [0.1, 0.15) is 66.4 Å². The summed E-state index contributed by atoms with van der Waals surface area (Å²) >= 11 is 0. The van der Waals surface area contributed by atoms with E-state index in [1.165, 1.54) is 0 Å². The fourth-order valence-electron chi connectivity index (χ4n) is 5.58. The Labute approximate surface area is 199 Å². The lowest BCUT2D eigenvalue weighted by atomic mass is 9.79. The maximum atomic E-state index is 13.5. The number of nitrogens with one attached hydrogen (secondary N) is 1. The Bertz CT molecular complexity index is 809. The van der Waals surface area contributed by atoms with E-state index in [9.17, 15) is 4.79 Å². The van der Waals surface area contributed by atoms with E-state index in [0.717, 1.165) is 36.3 Å². The number of carbonyl (C=O) groups is 1. The SMILES string of the molecule is COc1ccc(CCN(C(=O)OC2CC(C)OC2C)C2CC(C)(C)NC(C)(C)C2)c(OC)c1. The van der Waals surface area contributed by atoms with Gasteiger partial charge in [0.25, 0.3) is 0 Å². The molecule has 2 aliphatic heterocycles. The van der Waals surface area contributed by atoms with Gasteiger partial charge in [0.05, 0.1) is 26.4 Å². The molecule has 2 heterocycles. The molecule has 2 fully saturated rings. The monoisotopic (exact) mass is 462 g/mol. The topological polar surface area (TPSA) is 69.3 Å². The van der Waals surface area contributed by atoms with Gasteiger partial charge in [-0.25, -0.2) is 4.79 Å². The van der Waals surface area contributed by atoms with Crippen LogP contribution >= 0.6 is 0 Å². The average molecular weight is 463 g/mol. The Morgan fingerprint density at radius 1 is 1.12 bits per heavy atom. The van der Waals surface area contributed by atoms with Gasteiger partial charge in [0.1, 0.15) is 17.6 Å². The van der Waals surface area contributed by atoms with Crippen molar-refractivity contribution in [2.45, 2.75) is 103 Å². The molecule has 7 heteroatoms. The summed E-state index contributed by atoms with van der Waals surface area (Å²) in [5, 5.41) is 3.71. The maximum absolute atomic E-state index is 13.5. The minimum atomic E-state index is -0.254. The van der Waals surface area contributed by atoms with Crippen molar-refractivity contribution in [2.75, 3.05) is 20.8 Å². The second-order valence-electron chi connectivity index (χ2n) is 10.9. The number of ether oxygens (including phenoxy) is 4. The standard InChI is InChI=1S/C26H42N2O5/c1-17-13-22(18(2)32-17)33-24(29)28(20-15-25(3,4)27-26(5,6)16-20)12-11-19-9-10-21(30-7)14-23(19)31-8/h9-10,14,17-18,20,22,27H,11-13,15-16H2,1-8H3. The predicted molar refractivity (Wildman–Crippen MR) is 129 cm³/mol. The van der Waals surface area contributed by atoms with Crippen LogP contribution in [-0.2, 0) is 15.9 Å². The van der Waals surface area contributed by atoms with Crippen LogP contribution in [0.5, 0.6) is 11.5 Å². The normalized spacial score (nSPS) is 26.6. The fourth-order valence-corrected chi connectivity index (χ4v) is 5.58. The molecule has 3 rings (SSSR count). The number of hydrogen-bond acceptors (Lipinski definition) is 6. The molecular weight excluding hydrogens is 420 g/mol. The van der Waals surface area contributed by atoms with E-state index in [1.807, 2.05) is 36.9 Å². The number of benzene rings is 1. The molecule has 0 aromatic heterocycles. The zero-order valence-corrected chi connectivity index (χ0v) is 21.6. The lowest BCUT2D eigenvalue weighted by Crippen LogP contribution is -2.63. The van der Waals surface area contributed by atoms with Crippen molar-refractivity contribution < 1.29 is 23.7 Å². The van der Waals surface area contributed by atoms with Crippen LogP contribution in [0.2, 0.25) is 0 Å². The molecule has 7 nitrogen and oxygen atoms in total. The lowest BCUT2D eigenvalue weighted by molar-refractivity contribution is -0.00597. The van der Waals surface area contributed by atoms with Crippen LogP contribution in [0, 0.1) is 0 Å². The zero-order chi connectivity index (χ0) is 24.4. The highest BCUT2D eigenvalue weighted by Crippen LogP contribution is 2.33. The third kappa shape index (κ3) is 6.54. The molecule has 0 radical (unpaired) electrons. The van der Waals surface area contributed by atoms with Crippen molar-refractivity contribution in [2.24, 2.45) is 0 Å². The van der Waals surface area contributed by atoms with Crippen molar-refractivity contribution in [3.63, 3.8) is 0 Å². The van der Waals surface area contributed by atoms with Gasteiger partial charge < -0.3 is 29.2 Å². The van der Waals surface area contributed by atoms with Crippen LogP contribution < -0.4 is 14.8 Å². The van der Waals surface area contributed by atoms with Crippen LogP contribution in [0.15, 0.2) is 18.2 Å². The highest BCUT2D eigenvalue weighted by Gasteiger charge is 2.42. The molecule has 0 aliphatic carbocycles. The molecule has 186 valence electrons. The van der Waals surface area contributed by atoms with Crippen molar-refractivity contribution in [3.8, 4) is 11.5 Å². The molecule has 0 saturated carbocycles. The molecule has 33 heavy (non-hydrogen) atoms. The first-order valence-electron chi connectivity index (χ1n) is 12.1. The molecule has 1 aromatic rings. The largest absolute Gasteiger partial charge is 0.497 e. The molecule has 3 atom stereocenters. The number of amides is 1. The summed E-state index contributed by atoms with van der Waals surface area (Å²) in [6.45, 7) is 13.4. The fraction of sp³-hybridized carbons (Fsp3) is 0.731. The Morgan fingerprint density at radius 3 is 2.33 bits per heavy atom. The highest BCUT2D eigenvalue weighted by atomic mass is 16.6. The minimum Gasteiger partial charge on any atom is -0.497 e. The number of methoxy groups -OCH3 is 2. The maximum Gasteiger partial charge on any atom is 0.410 e. The second-order valence-corrected chi connectivity index (χ2v) is 10.9. The van der Waals surface area contributed by atoms with Crippen molar-refractivity contribution in [1.29, 1.82) is 0 Å². The molecule has 1 N–H and O–H groups in total. The van der Waals surface area contributed by atoms with Gasteiger partial charge in [-0.05, 0) is 72.4 Å². The van der Waals surface area contributed by atoms with E-state index < -0.39 is 0 Å². The number of hydrogen-bond donors (Lipinski definition) is 1. The lowest BCUT2D eigenvalue weighted by Gasteiger charge is -2.49.